The van der Waals surface area contributed by atoms with Crippen molar-refractivity contribution < 1.29 is 46.7 Å². The molecule has 0 saturated carbocycles. The first-order valence-electron chi connectivity index (χ1n) is 9.17. The second-order valence-electron chi connectivity index (χ2n) is 6.73. The molecular formula is C18H21BF3NO7. The molecule has 1 aliphatic heterocycles. The summed E-state index contributed by atoms with van der Waals surface area (Å²) in [6.07, 6.45) is -7.19. The van der Waals surface area contributed by atoms with Crippen LogP contribution in [0.15, 0.2) is 18.2 Å². The van der Waals surface area contributed by atoms with Gasteiger partial charge in [-0.1, -0.05) is 12.1 Å². The van der Waals surface area contributed by atoms with Crippen molar-refractivity contribution in [3.63, 3.8) is 0 Å². The van der Waals surface area contributed by atoms with Gasteiger partial charge in [0.1, 0.15) is 11.3 Å². The monoisotopic (exact) mass is 431 g/mol. The van der Waals surface area contributed by atoms with Crippen LogP contribution in [-0.4, -0.2) is 48.4 Å². The van der Waals surface area contributed by atoms with E-state index >= 15 is 0 Å². The molecule has 1 aliphatic rings. The van der Waals surface area contributed by atoms with Crippen LogP contribution in [0.25, 0.3) is 0 Å². The lowest BCUT2D eigenvalue weighted by Gasteiger charge is -2.29. The molecule has 164 valence electrons. The van der Waals surface area contributed by atoms with Crippen LogP contribution in [-0.2, 0) is 25.5 Å². The molecule has 0 radical (unpaired) electrons. The van der Waals surface area contributed by atoms with Gasteiger partial charge < -0.3 is 24.5 Å². The van der Waals surface area contributed by atoms with Crippen LogP contribution in [0.4, 0.5) is 13.2 Å². The van der Waals surface area contributed by atoms with Gasteiger partial charge in [0.2, 0.25) is 12.2 Å². The maximum Gasteiger partial charge on any atom is 0.547 e. The lowest BCUT2D eigenvalue weighted by molar-refractivity contribution is -0.162. The third-order valence-electron chi connectivity index (χ3n) is 4.15. The average molecular weight is 431 g/mol. The Morgan fingerprint density at radius 1 is 1.33 bits per heavy atom. The van der Waals surface area contributed by atoms with Crippen LogP contribution in [0.1, 0.15) is 49.0 Å². The SMILES string of the molecule is CC(=O)OC(C)OC(=O)c1cccc2c1OB(O)[C@@H](NC(=O)CCCC(F)(F)F)C2. The summed E-state index contributed by atoms with van der Waals surface area (Å²) in [7, 11) is -1.52. The number of ether oxygens (including phenoxy) is 2. The van der Waals surface area contributed by atoms with Crippen LogP contribution >= 0.6 is 0 Å². The summed E-state index contributed by atoms with van der Waals surface area (Å²) in [6, 6.07) is 4.54. The molecule has 1 aromatic rings. The van der Waals surface area contributed by atoms with E-state index in [1.54, 1.807) is 6.07 Å². The number of amides is 1. The Bertz CT molecular complexity index is 802. The summed E-state index contributed by atoms with van der Waals surface area (Å²) < 4.78 is 51.7. The number of para-hydroxylation sites is 1. The van der Waals surface area contributed by atoms with Crippen LogP contribution < -0.4 is 9.97 Å². The molecule has 1 aromatic carbocycles. The van der Waals surface area contributed by atoms with Crippen LogP contribution in [0.3, 0.4) is 0 Å². The largest absolute Gasteiger partial charge is 0.547 e. The first-order chi connectivity index (χ1) is 14.0. The van der Waals surface area contributed by atoms with Gasteiger partial charge >= 0.3 is 25.2 Å². The Morgan fingerprint density at radius 3 is 2.67 bits per heavy atom. The zero-order valence-electron chi connectivity index (χ0n) is 16.3. The fraction of sp³-hybridized carbons (Fsp3) is 0.500. The third-order valence-corrected chi connectivity index (χ3v) is 4.15. The zero-order valence-corrected chi connectivity index (χ0v) is 16.3. The molecule has 1 amide bonds. The van der Waals surface area contributed by atoms with E-state index in [1.165, 1.54) is 19.1 Å². The lowest BCUT2D eigenvalue weighted by atomic mass is 9.72. The average Bonchev–Trinajstić information content (AvgIpc) is 2.59. The highest BCUT2D eigenvalue weighted by molar-refractivity contribution is 6.47. The van der Waals surface area contributed by atoms with Crippen LogP contribution in [0.5, 0.6) is 5.75 Å². The topological polar surface area (TPSA) is 111 Å². The number of carbonyl (C=O) groups excluding carboxylic acids is 3. The summed E-state index contributed by atoms with van der Waals surface area (Å²) in [5.41, 5.74) is 0.469. The first kappa shape index (κ1) is 23.5. The summed E-state index contributed by atoms with van der Waals surface area (Å²) in [5.74, 6) is -2.98. The molecule has 30 heavy (non-hydrogen) atoms. The van der Waals surface area contributed by atoms with E-state index in [1.807, 2.05) is 0 Å². The Balaban J connectivity index is 2.02. The summed E-state index contributed by atoms with van der Waals surface area (Å²) in [6.45, 7) is 2.51. The van der Waals surface area contributed by atoms with Crippen molar-refractivity contribution >= 4 is 25.0 Å². The van der Waals surface area contributed by atoms with Crippen molar-refractivity contribution in [3.8, 4) is 5.75 Å². The maximum absolute atomic E-state index is 12.3. The molecule has 2 rings (SSSR count). The highest BCUT2D eigenvalue weighted by Crippen LogP contribution is 2.31. The molecule has 0 aliphatic carbocycles. The molecule has 1 heterocycles. The minimum atomic E-state index is -4.34. The first-order valence-corrected chi connectivity index (χ1v) is 9.17. The minimum Gasteiger partial charge on any atom is -0.534 e. The van der Waals surface area contributed by atoms with E-state index in [4.69, 9.17) is 14.1 Å². The Labute approximate surface area is 170 Å². The highest BCUT2D eigenvalue weighted by atomic mass is 19.4. The van der Waals surface area contributed by atoms with Crippen molar-refractivity contribution in [2.24, 2.45) is 0 Å². The number of carbonyl (C=O) groups is 3. The van der Waals surface area contributed by atoms with Gasteiger partial charge in [0, 0.05) is 26.7 Å². The zero-order chi connectivity index (χ0) is 22.5. The van der Waals surface area contributed by atoms with E-state index < -0.39 is 49.8 Å². The number of nitrogens with one attached hydrogen (secondary N) is 1. The second kappa shape index (κ2) is 9.83. The van der Waals surface area contributed by atoms with Crippen LogP contribution in [0.2, 0.25) is 0 Å². The van der Waals surface area contributed by atoms with Crippen molar-refractivity contribution in [2.45, 2.75) is 57.9 Å². The molecule has 2 N–H and O–H groups in total. The van der Waals surface area contributed by atoms with E-state index in [2.05, 4.69) is 5.32 Å². The fourth-order valence-corrected chi connectivity index (χ4v) is 2.91. The fourth-order valence-electron chi connectivity index (χ4n) is 2.91. The Hall–Kier alpha value is -2.76. The van der Waals surface area contributed by atoms with Crippen molar-refractivity contribution in [1.82, 2.24) is 5.32 Å². The van der Waals surface area contributed by atoms with Gasteiger partial charge in [-0.3, -0.25) is 9.59 Å². The van der Waals surface area contributed by atoms with Gasteiger partial charge in [0.15, 0.2) is 0 Å². The predicted octanol–water partition coefficient (Wildman–Crippen LogP) is 1.92. The van der Waals surface area contributed by atoms with Gasteiger partial charge in [0.25, 0.3) is 0 Å². The number of alkyl halides is 3. The van der Waals surface area contributed by atoms with E-state index in [-0.39, 0.29) is 30.6 Å². The predicted molar refractivity (Wildman–Crippen MR) is 97.2 cm³/mol. The molecule has 0 saturated heterocycles. The Morgan fingerprint density at radius 2 is 2.03 bits per heavy atom. The lowest BCUT2D eigenvalue weighted by Crippen LogP contribution is -2.53. The second-order valence-corrected chi connectivity index (χ2v) is 6.73. The number of hydrogen-bond donors (Lipinski definition) is 2. The van der Waals surface area contributed by atoms with Gasteiger partial charge in [-0.2, -0.15) is 13.2 Å². The molecule has 8 nitrogen and oxygen atoms in total. The minimum absolute atomic E-state index is 0.0134. The molecule has 0 fully saturated rings. The maximum atomic E-state index is 12.3. The van der Waals surface area contributed by atoms with E-state index in [0.29, 0.717) is 5.56 Å². The quantitative estimate of drug-likeness (QED) is 0.386. The number of benzene rings is 1. The number of rotatable bonds is 7. The molecular weight excluding hydrogens is 410 g/mol. The number of esters is 2. The van der Waals surface area contributed by atoms with Crippen molar-refractivity contribution in [2.75, 3.05) is 0 Å². The molecule has 2 atom stereocenters. The Kier molecular flexibility index (Phi) is 7.71. The highest BCUT2D eigenvalue weighted by Gasteiger charge is 2.38. The smallest absolute Gasteiger partial charge is 0.534 e. The summed E-state index contributed by atoms with van der Waals surface area (Å²) >= 11 is 0. The molecule has 12 heteroatoms. The van der Waals surface area contributed by atoms with E-state index in [0.717, 1.165) is 6.92 Å². The standard InChI is InChI=1S/C18H21BF3NO7/c1-10(24)28-11(2)29-17(26)13-6-3-5-12-9-14(19(27)30-16(12)13)23-15(25)7-4-8-18(20,21)22/h3,5-6,11,14,27H,4,7-9H2,1-2H3,(H,23,25)/t11?,14-/m0/s1. The normalized spacial score (nSPS) is 16.7. The van der Waals surface area contributed by atoms with E-state index in [9.17, 15) is 32.6 Å². The number of hydrogen-bond acceptors (Lipinski definition) is 7. The number of halogens is 3. The molecule has 0 bridgehead atoms. The molecule has 0 aromatic heterocycles. The number of fused-ring (bicyclic) bond motifs is 1. The van der Waals surface area contributed by atoms with Gasteiger partial charge in [-0.25, -0.2) is 4.79 Å². The third kappa shape index (κ3) is 6.94. The summed E-state index contributed by atoms with van der Waals surface area (Å²) in [5, 5.41) is 12.6. The van der Waals surface area contributed by atoms with Crippen LogP contribution in [0, 0.1) is 0 Å². The van der Waals surface area contributed by atoms with Gasteiger partial charge in [-0.05, 0) is 24.5 Å². The molecule has 0 spiro atoms. The summed E-state index contributed by atoms with van der Waals surface area (Å²) in [4.78, 5) is 35.1. The van der Waals surface area contributed by atoms with Crippen molar-refractivity contribution in [1.29, 1.82) is 0 Å². The van der Waals surface area contributed by atoms with Gasteiger partial charge in [-0.15, -0.1) is 0 Å². The van der Waals surface area contributed by atoms with Crippen molar-refractivity contribution in [3.05, 3.63) is 29.3 Å². The molecule has 1 unspecified atom stereocenters. The van der Waals surface area contributed by atoms with Gasteiger partial charge in [0.05, 0.1) is 5.94 Å².